The molecule has 0 radical (unpaired) electrons. The van der Waals surface area contributed by atoms with Crippen molar-refractivity contribution in [1.29, 1.82) is 0 Å². The van der Waals surface area contributed by atoms with Gasteiger partial charge in [-0.15, -0.1) is 24.0 Å². The molecule has 1 rings (SSSR count). The van der Waals surface area contributed by atoms with Crippen LogP contribution in [0.4, 0.5) is 0 Å². The summed E-state index contributed by atoms with van der Waals surface area (Å²) in [5, 5.41) is 7.50. The van der Waals surface area contributed by atoms with Crippen LogP contribution in [0, 0.1) is 5.92 Å². The van der Waals surface area contributed by atoms with Gasteiger partial charge >= 0.3 is 0 Å². The van der Waals surface area contributed by atoms with Crippen molar-refractivity contribution in [3.63, 3.8) is 0 Å². The SMILES string of the molecule is CCNC(=NCC1CCCS1)NCCCC(C)C.I. The first-order valence-corrected chi connectivity index (χ1v) is 8.41. The number of aliphatic imine (C=N–C) groups is 1. The number of hydrogen-bond acceptors (Lipinski definition) is 2. The fraction of sp³-hybridized carbons (Fsp3) is 0.929. The lowest BCUT2D eigenvalue weighted by molar-refractivity contribution is 0.549. The Balaban J connectivity index is 0.00000324. The Hall–Kier alpha value is 0.350. The van der Waals surface area contributed by atoms with Gasteiger partial charge in [-0.1, -0.05) is 13.8 Å². The summed E-state index contributed by atoms with van der Waals surface area (Å²) in [5.41, 5.74) is 0. The fourth-order valence-electron chi connectivity index (χ4n) is 2.04. The molecular formula is C14H30IN3S. The molecule has 0 spiro atoms. The average Bonchev–Trinajstić information content (AvgIpc) is 2.84. The zero-order chi connectivity index (χ0) is 13.2. The highest BCUT2D eigenvalue weighted by Crippen LogP contribution is 2.25. The molecule has 1 unspecified atom stereocenters. The molecule has 1 fully saturated rings. The monoisotopic (exact) mass is 399 g/mol. The number of nitrogens with zero attached hydrogens (tertiary/aromatic N) is 1. The number of halogens is 1. The number of rotatable bonds is 7. The highest BCUT2D eigenvalue weighted by Gasteiger charge is 2.14. The lowest BCUT2D eigenvalue weighted by atomic mass is 10.1. The molecule has 1 saturated heterocycles. The van der Waals surface area contributed by atoms with E-state index in [1.165, 1.54) is 31.4 Å². The molecule has 1 aliphatic heterocycles. The largest absolute Gasteiger partial charge is 0.357 e. The third-order valence-electron chi connectivity index (χ3n) is 3.07. The quantitative estimate of drug-likeness (QED) is 0.298. The first kappa shape index (κ1) is 19.4. The summed E-state index contributed by atoms with van der Waals surface area (Å²) in [5.74, 6) is 3.11. The van der Waals surface area contributed by atoms with Crippen LogP contribution < -0.4 is 10.6 Å². The molecular weight excluding hydrogens is 369 g/mol. The normalized spacial score (nSPS) is 19.4. The van der Waals surface area contributed by atoms with Crippen LogP contribution in [-0.2, 0) is 0 Å². The van der Waals surface area contributed by atoms with Crippen LogP contribution in [0.5, 0.6) is 0 Å². The second-order valence-electron chi connectivity index (χ2n) is 5.32. The molecule has 0 aromatic carbocycles. The molecule has 0 aliphatic carbocycles. The van der Waals surface area contributed by atoms with Gasteiger partial charge in [0.25, 0.3) is 0 Å². The Morgan fingerprint density at radius 1 is 1.37 bits per heavy atom. The first-order valence-electron chi connectivity index (χ1n) is 7.36. The Labute approximate surface area is 140 Å². The van der Waals surface area contributed by atoms with Gasteiger partial charge in [0.1, 0.15) is 0 Å². The molecule has 0 bridgehead atoms. The minimum atomic E-state index is 0. The van der Waals surface area contributed by atoms with Gasteiger partial charge in [0.2, 0.25) is 0 Å². The van der Waals surface area contributed by atoms with Crippen molar-refractivity contribution in [2.45, 2.75) is 51.7 Å². The Kier molecular flexibility index (Phi) is 12.3. The number of nitrogens with one attached hydrogen (secondary N) is 2. The second kappa shape index (κ2) is 12.1. The van der Waals surface area contributed by atoms with E-state index in [1.807, 2.05) is 0 Å². The van der Waals surface area contributed by atoms with Crippen molar-refractivity contribution in [1.82, 2.24) is 10.6 Å². The summed E-state index contributed by atoms with van der Waals surface area (Å²) in [7, 11) is 0. The van der Waals surface area contributed by atoms with Crippen LogP contribution in [0.1, 0.15) is 46.5 Å². The van der Waals surface area contributed by atoms with E-state index in [4.69, 9.17) is 0 Å². The van der Waals surface area contributed by atoms with Crippen molar-refractivity contribution in [3.8, 4) is 0 Å². The van der Waals surface area contributed by atoms with Crippen molar-refractivity contribution in [2.24, 2.45) is 10.9 Å². The third-order valence-corrected chi connectivity index (χ3v) is 4.45. The third kappa shape index (κ3) is 9.82. The van der Waals surface area contributed by atoms with E-state index in [0.717, 1.165) is 36.8 Å². The van der Waals surface area contributed by atoms with Crippen molar-refractivity contribution < 1.29 is 0 Å². The first-order chi connectivity index (χ1) is 8.72. The van der Waals surface area contributed by atoms with E-state index in [2.05, 4.69) is 48.2 Å². The average molecular weight is 399 g/mol. The van der Waals surface area contributed by atoms with Gasteiger partial charge in [0, 0.05) is 18.3 Å². The molecule has 1 atom stereocenters. The molecule has 0 amide bonds. The Bertz CT molecular complexity index is 241. The maximum atomic E-state index is 4.69. The van der Waals surface area contributed by atoms with Gasteiger partial charge in [0.05, 0.1) is 6.54 Å². The van der Waals surface area contributed by atoms with E-state index < -0.39 is 0 Å². The van der Waals surface area contributed by atoms with E-state index in [0.29, 0.717) is 0 Å². The van der Waals surface area contributed by atoms with Gasteiger partial charge in [-0.2, -0.15) is 11.8 Å². The summed E-state index contributed by atoms with van der Waals surface area (Å²) >= 11 is 2.07. The number of guanidine groups is 1. The van der Waals surface area contributed by atoms with Crippen molar-refractivity contribution in [2.75, 3.05) is 25.4 Å². The van der Waals surface area contributed by atoms with E-state index >= 15 is 0 Å². The minimum Gasteiger partial charge on any atom is -0.357 e. The highest BCUT2D eigenvalue weighted by molar-refractivity contribution is 14.0. The predicted molar refractivity (Wildman–Crippen MR) is 98.9 cm³/mol. The predicted octanol–water partition coefficient (Wildman–Crippen LogP) is 3.49. The summed E-state index contributed by atoms with van der Waals surface area (Å²) in [6.07, 6.45) is 5.20. The summed E-state index contributed by atoms with van der Waals surface area (Å²) < 4.78 is 0. The van der Waals surface area contributed by atoms with E-state index in [9.17, 15) is 0 Å². The summed E-state index contributed by atoms with van der Waals surface area (Å²) in [4.78, 5) is 4.69. The minimum absolute atomic E-state index is 0. The molecule has 1 aliphatic rings. The van der Waals surface area contributed by atoms with Crippen LogP contribution in [-0.4, -0.2) is 36.6 Å². The maximum Gasteiger partial charge on any atom is 0.191 e. The Morgan fingerprint density at radius 3 is 2.74 bits per heavy atom. The molecule has 0 aromatic rings. The molecule has 0 saturated carbocycles. The second-order valence-corrected chi connectivity index (χ2v) is 6.73. The highest BCUT2D eigenvalue weighted by atomic mass is 127. The van der Waals surface area contributed by atoms with E-state index in [1.54, 1.807) is 0 Å². The zero-order valence-corrected chi connectivity index (χ0v) is 15.7. The van der Waals surface area contributed by atoms with Gasteiger partial charge in [-0.05, 0) is 44.3 Å². The van der Waals surface area contributed by atoms with Crippen LogP contribution >= 0.6 is 35.7 Å². The zero-order valence-electron chi connectivity index (χ0n) is 12.6. The molecule has 114 valence electrons. The van der Waals surface area contributed by atoms with Crippen LogP contribution in [0.2, 0.25) is 0 Å². The molecule has 1 heterocycles. The topological polar surface area (TPSA) is 36.4 Å². The van der Waals surface area contributed by atoms with Gasteiger partial charge in [0.15, 0.2) is 5.96 Å². The van der Waals surface area contributed by atoms with Crippen molar-refractivity contribution in [3.05, 3.63) is 0 Å². The standard InChI is InChI=1S/C14H29N3S.HI/c1-4-15-14(16-9-5-7-12(2)3)17-11-13-8-6-10-18-13;/h12-13H,4-11H2,1-3H3,(H2,15,16,17);1H. The summed E-state index contributed by atoms with van der Waals surface area (Å²) in [6, 6.07) is 0. The summed E-state index contributed by atoms with van der Waals surface area (Å²) in [6.45, 7) is 9.60. The molecule has 3 nitrogen and oxygen atoms in total. The lowest BCUT2D eigenvalue weighted by Crippen LogP contribution is -2.38. The maximum absolute atomic E-state index is 4.69. The van der Waals surface area contributed by atoms with Crippen molar-refractivity contribution >= 4 is 41.7 Å². The molecule has 0 aromatic heterocycles. The smallest absolute Gasteiger partial charge is 0.191 e. The van der Waals surface area contributed by atoms with Crippen LogP contribution in [0.25, 0.3) is 0 Å². The van der Waals surface area contributed by atoms with E-state index in [-0.39, 0.29) is 24.0 Å². The van der Waals surface area contributed by atoms with Crippen LogP contribution in [0.15, 0.2) is 4.99 Å². The molecule has 5 heteroatoms. The Morgan fingerprint density at radius 2 is 2.16 bits per heavy atom. The molecule has 19 heavy (non-hydrogen) atoms. The number of thioether (sulfide) groups is 1. The van der Waals surface area contributed by atoms with Gasteiger partial charge < -0.3 is 10.6 Å². The lowest BCUT2D eigenvalue weighted by Gasteiger charge is -2.13. The van der Waals surface area contributed by atoms with Crippen LogP contribution in [0.3, 0.4) is 0 Å². The van der Waals surface area contributed by atoms with Gasteiger partial charge in [-0.3, -0.25) is 4.99 Å². The number of hydrogen-bond donors (Lipinski definition) is 2. The fourth-order valence-corrected chi connectivity index (χ4v) is 3.22. The van der Waals surface area contributed by atoms with Gasteiger partial charge in [-0.25, -0.2) is 0 Å². The molecule has 2 N–H and O–H groups in total.